The molecule has 0 radical (unpaired) electrons. The average molecular weight is 324 g/mol. The lowest BCUT2D eigenvalue weighted by Gasteiger charge is -2.15. The van der Waals surface area contributed by atoms with Gasteiger partial charge in [-0.05, 0) is 24.6 Å². The van der Waals surface area contributed by atoms with Gasteiger partial charge < -0.3 is 10.1 Å². The highest BCUT2D eigenvalue weighted by atomic mass is 35.5. The van der Waals surface area contributed by atoms with Gasteiger partial charge in [-0.25, -0.2) is 4.98 Å². The molecule has 0 aliphatic carbocycles. The summed E-state index contributed by atoms with van der Waals surface area (Å²) in [6.45, 7) is 2.84. The molecule has 1 heterocycles. The Morgan fingerprint density at radius 2 is 2.05 bits per heavy atom. The maximum absolute atomic E-state index is 5.83. The second-order valence-corrected chi connectivity index (χ2v) is 6.06. The van der Waals surface area contributed by atoms with Crippen LogP contribution in [0.4, 0.5) is 5.82 Å². The van der Waals surface area contributed by atoms with Crippen molar-refractivity contribution in [3.8, 4) is 0 Å². The molecule has 1 atom stereocenters. The van der Waals surface area contributed by atoms with E-state index in [9.17, 15) is 0 Å². The lowest BCUT2D eigenvalue weighted by atomic mass is 10.1. The minimum Gasteiger partial charge on any atom is -0.384 e. The van der Waals surface area contributed by atoms with Crippen LogP contribution in [0.2, 0.25) is 5.15 Å². The third-order valence-corrected chi connectivity index (χ3v) is 4.06. The van der Waals surface area contributed by atoms with E-state index in [2.05, 4.69) is 46.5 Å². The molecule has 2 aromatic rings. The summed E-state index contributed by atoms with van der Waals surface area (Å²) < 4.78 is 5.05. The van der Waals surface area contributed by atoms with Crippen LogP contribution in [0, 0.1) is 0 Å². The van der Waals surface area contributed by atoms with Crippen molar-refractivity contribution in [2.75, 3.05) is 24.8 Å². The van der Waals surface area contributed by atoms with Crippen molar-refractivity contribution >= 4 is 29.2 Å². The van der Waals surface area contributed by atoms with E-state index in [0.29, 0.717) is 11.0 Å². The Morgan fingerprint density at radius 1 is 1.29 bits per heavy atom. The van der Waals surface area contributed by atoms with Crippen molar-refractivity contribution in [3.05, 3.63) is 47.4 Å². The maximum Gasteiger partial charge on any atom is 0.149 e. The highest BCUT2D eigenvalue weighted by Crippen LogP contribution is 2.23. The summed E-state index contributed by atoms with van der Waals surface area (Å²) in [5.74, 6) is 1.63. The molecule has 1 N–H and O–H groups in total. The number of aromatic nitrogens is 2. The first-order valence-electron chi connectivity index (χ1n) is 6.65. The summed E-state index contributed by atoms with van der Waals surface area (Å²) in [5.41, 5.74) is 1.19. The fourth-order valence-electron chi connectivity index (χ4n) is 1.81. The molecule has 0 saturated heterocycles. The van der Waals surface area contributed by atoms with Crippen molar-refractivity contribution in [1.29, 1.82) is 0 Å². The number of rotatable bonds is 7. The predicted octanol–water partition coefficient (Wildman–Crippen LogP) is 4.04. The molecule has 0 amide bonds. The molecule has 1 aromatic heterocycles. The van der Waals surface area contributed by atoms with Crippen LogP contribution in [-0.2, 0) is 4.74 Å². The molecule has 21 heavy (non-hydrogen) atoms. The number of hydrogen-bond acceptors (Lipinski definition) is 5. The van der Waals surface area contributed by atoms with Gasteiger partial charge in [0.1, 0.15) is 11.0 Å². The summed E-state index contributed by atoms with van der Waals surface area (Å²) in [6, 6.07) is 8.61. The fourth-order valence-corrected chi connectivity index (χ4v) is 2.77. The largest absolute Gasteiger partial charge is 0.384 e. The Kier molecular flexibility index (Phi) is 6.29. The SMILES string of the molecule is COCCSc1ccc(C(C)Nc2cncc(Cl)n2)cc1. The molecule has 0 saturated carbocycles. The number of nitrogens with zero attached hydrogens (tertiary/aromatic N) is 2. The van der Waals surface area contributed by atoms with Gasteiger partial charge in [0.15, 0.2) is 0 Å². The standard InChI is InChI=1S/C15H18ClN3OS/c1-11(18-15-10-17-9-14(16)19-15)12-3-5-13(6-4-12)21-8-7-20-2/h3-6,9-11H,7-8H2,1-2H3,(H,18,19). The molecule has 1 unspecified atom stereocenters. The van der Waals surface area contributed by atoms with Crippen LogP contribution in [0.1, 0.15) is 18.5 Å². The fraction of sp³-hybridized carbons (Fsp3) is 0.333. The summed E-state index contributed by atoms with van der Waals surface area (Å²) in [7, 11) is 1.72. The highest BCUT2D eigenvalue weighted by Gasteiger charge is 2.07. The normalized spacial score (nSPS) is 12.1. The van der Waals surface area contributed by atoms with Crippen molar-refractivity contribution in [1.82, 2.24) is 9.97 Å². The molecule has 1 aromatic carbocycles. The highest BCUT2D eigenvalue weighted by molar-refractivity contribution is 7.99. The summed E-state index contributed by atoms with van der Waals surface area (Å²) >= 11 is 7.62. The number of ether oxygens (including phenoxy) is 1. The number of hydrogen-bond donors (Lipinski definition) is 1. The molecule has 0 aliphatic heterocycles. The van der Waals surface area contributed by atoms with Crippen molar-refractivity contribution < 1.29 is 4.74 Å². The molecule has 0 spiro atoms. The van der Waals surface area contributed by atoms with Crippen LogP contribution in [0.5, 0.6) is 0 Å². The predicted molar refractivity (Wildman–Crippen MR) is 88.1 cm³/mol. The van der Waals surface area contributed by atoms with Gasteiger partial charge in [-0.3, -0.25) is 4.98 Å². The van der Waals surface area contributed by atoms with Gasteiger partial charge in [-0.15, -0.1) is 11.8 Å². The molecule has 2 rings (SSSR count). The summed E-state index contributed by atoms with van der Waals surface area (Å²) in [4.78, 5) is 9.44. The van der Waals surface area contributed by atoms with Gasteiger partial charge in [-0.2, -0.15) is 0 Å². The zero-order valence-electron chi connectivity index (χ0n) is 12.0. The van der Waals surface area contributed by atoms with Crippen LogP contribution < -0.4 is 5.32 Å². The van der Waals surface area contributed by atoms with E-state index in [1.165, 1.54) is 16.7 Å². The molecule has 4 nitrogen and oxygen atoms in total. The van der Waals surface area contributed by atoms with Gasteiger partial charge >= 0.3 is 0 Å². The van der Waals surface area contributed by atoms with Crippen LogP contribution >= 0.6 is 23.4 Å². The van der Waals surface area contributed by atoms with E-state index in [-0.39, 0.29) is 6.04 Å². The van der Waals surface area contributed by atoms with E-state index in [4.69, 9.17) is 16.3 Å². The Labute approximate surface area is 134 Å². The first-order valence-corrected chi connectivity index (χ1v) is 8.01. The third-order valence-electron chi connectivity index (χ3n) is 2.91. The van der Waals surface area contributed by atoms with E-state index in [1.54, 1.807) is 25.1 Å². The van der Waals surface area contributed by atoms with Crippen LogP contribution in [0.3, 0.4) is 0 Å². The van der Waals surface area contributed by atoms with E-state index in [0.717, 1.165) is 12.4 Å². The van der Waals surface area contributed by atoms with Crippen molar-refractivity contribution in [2.24, 2.45) is 0 Å². The molecular formula is C15H18ClN3OS. The molecule has 0 bridgehead atoms. The minimum atomic E-state index is 0.135. The van der Waals surface area contributed by atoms with Crippen LogP contribution in [0.15, 0.2) is 41.6 Å². The number of benzene rings is 1. The average Bonchev–Trinajstić information content (AvgIpc) is 2.48. The number of thioether (sulfide) groups is 1. The zero-order valence-corrected chi connectivity index (χ0v) is 13.6. The van der Waals surface area contributed by atoms with Gasteiger partial charge in [0.2, 0.25) is 0 Å². The second kappa shape index (κ2) is 8.22. The van der Waals surface area contributed by atoms with Crippen LogP contribution in [-0.4, -0.2) is 29.4 Å². The molecule has 0 aliphatic rings. The first-order chi connectivity index (χ1) is 10.2. The summed E-state index contributed by atoms with van der Waals surface area (Å²) in [6.07, 6.45) is 3.18. The lowest BCUT2D eigenvalue weighted by molar-refractivity contribution is 0.218. The van der Waals surface area contributed by atoms with E-state index >= 15 is 0 Å². The summed E-state index contributed by atoms with van der Waals surface area (Å²) in [5, 5.41) is 3.67. The van der Waals surface area contributed by atoms with Gasteiger partial charge in [0.05, 0.1) is 19.0 Å². The topological polar surface area (TPSA) is 47.0 Å². The second-order valence-electron chi connectivity index (χ2n) is 4.50. The van der Waals surface area contributed by atoms with Gasteiger partial charge in [0, 0.05) is 23.8 Å². The van der Waals surface area contributed by atoms with Crippen molar-refractivity contribution in [2.45, 2.75) is 17.9 Å². The molecular weight excluding hydrogens is 306 g/mol. The Morgan fingerprint density at radius 3 is 2.71 bits per heavy atom. The minimum absolute atomic E-state index is 0.135. The monoisotopic (exact) mass is 323 g/mol. The number of anilines is 1. The Balaban J connectivity index is 1.94. The zero-order chi connectivity index (χ0) is 15.1. The molecule has 6 heteroatoms. The third kappa shape index (κ3) is 5.19. The molecule has 112 valence electrons. The van der Waals surface area contributed by atoms with Gasteiger partial charge in [-0.1, -0.05) is 23.7 Å². The van der Waals surface area contributed by atoms with Crippen LogP contribution in [0.25, 0.3) is 0 Å². The lowest BCUT2D eigenvalue weighted by Crippen LogP contribution is -2.08. The van der Waals surface area contributed by atoms with Crippen molar-refractivity contribution in [3.63, 3.8) is 0 Å². The first kappa shape index (κ1) is 16.1. The van der Waals surface area contributed by atoms with E-state index < -0.39 is 0 Å². The smallest absolute Gasteiger partial charge is 0.149 e. The van der Waals surface area contributed by atoms with E-state index in [1.807, 2.05) is 0 Å². The Bertz CT molecular complexity index is 565. The molecule has 0 fully saturated rings. The quantitative estimate of drug-likeness (QED) is 0.615. The number of nitrogens with one attached hydrogen (secondary N) is 1. The number of methoxy groups -OCH3 is 1. The van der Waals surface area contributed by atoms with Gasteiger partial charge in [0.25, 0.3) is 0 Å². The Hall–Kier alpha value is -1.30. The maximum atomic E-state index is 5.83. The number of halogens is 1.